The number of fused-ring (bicyclic) bond motifs is 1. The van der Waals surface area contributed by atoms with Crippen molar-refractivity contribution < 1.29 is 23.8 Å². The summed E-state index contributed by atoms with van der Waals surface area (Å²) in [5, 5.41) is 10.7. The van der Waals surface area contributed by atoms with Gasteiger partial charge in [0.1, 0.15) is 6.04 Å². The third kappa shape index (κ3) is 6.33. The molecule has 1 aliphatic heterocycles. The van der Waals surface area contributed by atoms with Gasteiger partial charge < -0.3 is 25.3 Å². The van der Waals surface area contributed by atoms with Crippen molar-refractivity contribution in [3.05, 3.63) is 34.7 Å². The zero-order valence-electron chi connectivity index (χ0n) is 17.9. The molecule has 11 heteroatoms. The Bertz CT molecular complexity index is 979. The van der Waals surface area contributed by atoms with E-state index >= 15 is 0 Å². The molecule has 4 N–H and O–H groups in total. The van der Waals surface area contributed by atoms with Crippen LogP contribution in [0, 0.1) is 0 Å². The third-order valence-electron chi connectivity index (χ3n) is 4.91. The van der Waals surface area contributed by atoms with E-state index in [1.807, 2.05) is 6.07 Å². The second kappa shape index (κ2) is 12.2. The quantitative estimate of drug-likeness (QED) is 0.280. The number of carbonyl (C=O) groups excluding carboxylic acids is 2. The Morgan fingerprint density at radius 1 is 1.06 bits per heavy atom. The maximum atomic E-state index is 13.1. The number of rotatable bonds is 13. The standard InChI is InChI=1S/C21H29N5O6/c22-6-8-30-10-12-32-13-11-31-9-7-23-16-3-1-2-15-14-24-26(21(29)19(15)16)17-4-5-18(27)25-20(17)28/h1-3,14,17,23H,4-13,22H2,(H,25,27,28). The monoisotopic (exact) mass is 447 g/mol. The van der Waals surface area contributed by atoms with Crippen LogP contribution >= 0.6 is 0 Å². The average Bonchev–Trinajstić information content (AvgIpc) is 2.78. The molecule has 0 aliphatic carbocycles. The molecule has 2 heterocycles. The fraction of sp³-hybridized carbons (Fsp3) is 0.524. The molecule has 1 aromatic carbocycles. The van der Waals surface area contributed by atoms with E-state index in [-0.39, 0.29) is 24.3 Å². The van der Waals surface area contributed by atoms with Crippen LogP contribution in [0.3, 0.4) is 0 Å². The number of hydrogen-bond donors (Lipinski definition) is 3. The summed E-state index contributed by atoms with van der Waals surface area (Å²) in [4.78, 5) is 36.7. The molecule has 1 aliphatic rings. The fourth-order valence-electron chi connectivity index (χ4n) is 3.38. The van der Waals surface area contributed by atoms with Crippen LogP contribution in [0.4, 0.5) is 5.69 Å². The van der Waals surface area contributed by atoms with Crippen molar-refractivity contribution >= 4 is 28.3 Å². The minimum Gasteiger partial charge on any atom is -0.382 e. The highest BCUT2D eigenvalue weighted by atomic mass is 16.5. The first-order chi connectivity index (χ1) is 15.6. The Kier molecular flexibility index (Phi) is 9.11. The van der Waals surface area contributed by atoms with Crippen molar-refractivity contribution in [3.63, 3.8) is 0 Å². The molecule has 2 amide bonds. The van der Waals surface area contributed by atoms with Crippen molar-refractivity contribution in [3.8, 4) is 0 Å². The number of nitrogens with one attached hydrogen (secondary N) is 2. The third-order valence-corrected chi connectivity index (χ3v) is 4.91. The summed E-state index contributed by atoms with van der Waals surface area (Å²) in [5.41, 5.74) is 5.58. The number of ether oxygens (including phenoxy) is 3. The molecule has 32 heavy (non-hydrogen) atoms. The second-order valence-corrected chi connectivity index (χ2v) is 7.18. The van der Waals surface area contributed by atoms with Crippen molar-refractivity contribution in [2.45, 2.75) is 18.9 Å². The summed E-state index contributed by atoms with van der Waals surface area (Å²) in [6, 6.07) is 4.60. The van der Waals surface area contributed by atoms with E-state index in [0.717, 1.165) is 4.68 Å². The number of hydrogen-bond acceptors (Lipinski definition) is 9. The lowest BCUT2D eigenvalue weighted by Gasteiger charge is -2.22. The van der Waals surface area contributed by atoms with Gasteiger partial charge in [-0.15, -0.1) is 0 Å². The lowest BCUT2D eigenvalue weighted by Crippen LogP contribution is -2.45. The minimum atomic E-state index is -0.804. The molecule has 1 unspecified atom stereocenters. The molecule has 0 radical (unpaired) electrons. The van der Waals surface area contributed by atoms with Gasteiger partial charge in [0, 0.05) is 30.6 Å². The lowest BCUT2D eigenvalue weighted by molar-refractivity contribution is -0.136. The molecular weight excluding hydrogens is 418 g/mol. The smallest absolute Gasteiger partial charge is 0.277 e. The first-order valence-electron chi connectivity index (χ1n) is 10.6. The van der Waals surface area contributed by atoms with Crippen LogP contribution in [0.25, 0.3) is 10.8 Å². The number of imide groups is 1. The van der Waals surface area contributed by atoms with E-state index in [0.29, 0.717) is 69.2 Å². The summed E-state index contributed by atoms with van der Waals surface area (Å²) >= 11 is 0. The van der Waals surface area contributed by atoms with E-state index in [9.17, 15) is 14.4 Å². The van der Waals surface area contributed by atoms with E-state index in [1.54, 1.807) is 18.3 Å². The second-order valence-electron chi connectivity index (χ2n) is 7.18. The minimum absolute atomic E-state index is 0.171. The van der Waals surface area contributed by atoms with Crippen LogP contribution in [0.5, 0.6) is 0 Å². The van der Waals surface area contributed by atoms with Gasteiger partial charge in [0.05, 0.1) is 51.2 Å². The number of aromatic nitrogens is 2. The fourth-order valence-corrected chi connectivity index (χ4v) is 3.38. The number of piperidine rings is 1. The van der Waals surface area contributed by atoms with E-state index in [4.69, 9.17) is 19.9 Å². The van der Waals surface area contributed by atoms with Gasteiger partial charge in [-0.25, -0.2) is 4.68 Å². The molecular formula is C21H29N5O6. The molecule has 1 fully saturated rings. The summed E-state index contributed by atoms with van der Waals surface area (Å²) in [6.45, 7) is 3.83. The molecule has 1 atom stereocenters. The number of benzene rings is 1. The number of carbonyl (C=O) groups is 2. The van der Waals surface area contributed by atoms with Crippen molar-refractivity contribution in [2.75, 3.05) is 58.0 Å². The van der Waals surface area contributed by atoms with Crippen LogP contribution in [0.1, 0.15) is 18.9 Å². The molecule has 0 bridgehead atoms. The summed E-state index contributed by atoms with van der Waals surface area (Å²) < 4.78 is 17.3. The average molecular weight is 447 g/mol. The Hall–Kier alpha value is -2.86. The Morgan fingerprint density at radius 2 is 1.78 bits per heavy atom. The highest BCUT2D eigenvalue weighted by molar-refractivity contribution is 5.99. The summed E-state index contributed by atoms with van der Waals surface area (Å²) in [6.07, 6.45) is 1.97. The van der Waals surface area contributed by atoms with Crippen molar-refractivity contribution in [1.82, 2.24) is 15.1 Å². The lowest BCUT2D eigenvalue weighted by atomic mass is 10.1. The molecule has 1 saturated heterocycles. The maximum Gasteiger partial charge on any atom is 0.277 e. The topological polar surface area (TPSA) is 147 Å². The number of nitrogens with zero attached hydrogens (tertiary/aromatic N) is 2. The van der Waals surface area contributed by atoms with Gasteiger partial charge in [0.2, 0.25) is 5.91 Å². The molecule has 2 aromatic rings. The van der Waals surface area contributed by atoms with Gasteiger partial charge >= 0.3 is 0 Å². The summed E-state index contributed by atoms with van der Waals surface area (Å²) in [5.74, 6) is -0.852. The van der Waals surface area contributed by atoms with E-state index in [1.165, 1.54) is 0 Å². The van der Waals surface area contributed by atoms with E-state index < -0.39 is 11.9 Å². The molecule has 11 nitrogen and oxygen atoms in total. The molecule has 0 spiro atoms. The first-order valence-corrected chi connectivity index (χ1v) is 10.6. The zero-order valence-corrected chi connectivity index (χ0v) is 17.9. The predicted molar refractivity (Wildman–Crippen MR) is 117 cm³/mol. The van der Waals surface area contributed by atoms with Crippen LogP contribution in [0.2, 0.25) is 0 Å². The Balaban J connectivity index is 1.53. The van der Waals surface area contributed by atoms with Gasteiger partial charge in [0.25, 0.3) is 11.5 Å². The number of nitrogens with two attached hydrogens (primary N) is 1. The normalized spacial score (nSPS) is 16.3. The SMILES string of the molecule is NCCOCCOCCOCCNc1cccc2cnn(C3CCC(=O)NC3=O)c(=O)c12. The summed E-state index contributed by atoms with van der Waals surface area (Å²) in [7, 11) is 0. The maximum absolute atomic E-state index is 13.1. The van der Waals surface area contributed by atoms with Crippen LogP contribution in [0.15, 0.2) is 29.2 Å². The zero-order chi connectivity index (χ0) is 22.8. The Labute approximate surface area is 185 Å². The molecule has 174 valence electrons. The molecule has 3 rings (SSSR count). The van der Waals surface area contributed by atoms with E-state index in [2.05, 4.69) is 15.7 Å². The van der Waals surface area contributed by atoms with Gasteiger partial charge in [-0.2, -0.15) is 5.10 Å². The predicted octanol–water partition coefficient (Wildman–Crippen LogP) is -0.205. The van der Waals surface area contributed by atoms with Gasteiger partial charge in [-0.3, -0.25) is 19.7 Å². The van der Waals surface area contributed by atoms with Crippen molar-refractivity contribution in [1.29, 1.82) is 0 Å². The van der Waals surface area contributed by atoms with Crippen LogP contribution in [-0.4, -0.2) is 74.3 Å². The van der Waals surface area contributed by atoms with Gasteiger partial charge in [-0.05, 0) is 12.5 Å². The molecule has 1 aromatic heterocycles. The van der Waals surface area contributed by atoms with Gasteiger partial charge in [-0.1, -0.05) is 12.1 Å². The Morgan fingerprint density at radius 3 is 2.50 bits per heavy atom. The first kappa shape index (κ1) is 23.8. The van der Waals surface area contributed by atoms with Crippen LogP contribution < -0.4 is 21.9 Å². The molecule has 0 saturated carbocycles. The van der Waals surface area contributed by atoms with Crippen molar-refractivity contribution in [2.24, 2.45) is 5.73 Å². The number of anilines is 1. The van der Waals surface area contributed by atoms with Crippen LogP contribution in [-0.2, 0) is 23.8 Å². The highest BCUT2D eigenvalue weighted by Gasteiger charge is 2.30. The number of amides is 2. The van der Waals surface area contributed by atoms with Gasteiger partial charge in [0.15, 0.2) is 0 Å². The largest absolute Gasteiger partial charge is 0.382 e. The highest BCUT2D eigenvalue weighted by Crippen LogP contribution is 2.21.